The van der Waals surface area contributed by atoms with Crippen molar-refractivity contribution < 1.29 is 38.0 Å². The Balaban J connectivity index is 1.05. The summed E-state index contributed by atoms with van der Waals surface area (Å²) in [5.74, 6) is -1.21. The van der Waals surface area contributed by atoms with E-state index < -0.39 is 48.9 Å². The third-order valence-corrected chi connectivity index (χ3v) is 9.96. The van der Waals surface area contributed by atoms with Crippen LogP contribution in [0.3, 0.4) is 0 Å². The Kier molecular flexibility index (Phi) is 8.37. The highest BCUT2D eigenvalue weighted by molar-refractivity contribution is 6.03. The van der Waals surface area contributed by atoms with Crippen LogP contribution in [0.25, 0.3) is 43.1 Å². The lowest BCUT2D eigenvalue weighted by molar-refractivity contribution is -0.356. The minimum absolute atomic E-state index is 0.139. The first-order chi connectivity index (χ1) is 25.5. The van der Waals surface area contributed by atoms with Crippen molar-refractivity contribution in [3.8, 4) is 0 Å². The van der Waals surface area contributed by atoms with Gasteiger partial charge in [0, 0.05) is 12.7 Å². The van der Waals surface area contributed by atoms with Crippen molar-refractivity contribution in [1.29, 1.82) is 0 Å². The van der Waals surface area contributed by atoms with Crippen molar-refractivity contribution in [3.63, 3.8) is 0 Å². The summed E-state index contributed by atoms with van der Waals surface area (Å²) in [6, 6.07) is 44.8. The molecule has 52 heavy (non-hydrogen) atoms. The fourth-order valence-electron chi connectivity index (χ4n) is 7.29. The van der Waals surface area contributed by atoms with E-state index in [1.54, 1.807) is 18.2 Å². The molecule has 258 valence electrons. The number of benzene rings is 7. The van der Waals surface area contributed by atoms with Crippen LogP contribution in [-0.4, -0.2) is 56.4 Å². The van der Waals surface area contributed by atoms with E-state index in [0.717, 1.165) is 48.7 Å². The largest absolute Gasteiger partial charge is 0.452 e. The van der Waals surface area contributed by atoms with Crippen molar-refractivity contribution in [1.82, 2.24) is 0 Å². The Hall–Kier alpha value is -5.64. The van der Waals surface area contributed by atoms with Gasteiger partial charge < -0.3 is 28.4 Å². The Bertz CT molecular complexity index is 2460. The molecule has 1 unspecified atom stereocenters. The quantitative estimate of drug-likeness (QED) is 0.127. The van der Waals surface area contributed by atoms with Gasteiger partial charge in [0.2, 0.25) is 0 Å². The van der Waals surface area contributed by atoms with Gasteiger partial charge in [-0.1, -0.05) is 91.0 Å². The Labute approximate surface area is 299 Å². The van der Waals surface area contributed by atoms with Crippen LogP contribution in [0, 0.1) is 0 Å². The van der Waals surface area contributed by atoms with Gasteiger partial charge in [0.25, 0.3) is 0 Å². The molecule has 2 heterocycles. The molecule has 2 saturated heterocycles. The van der Waals surface area contributed by atoms with Crippen LogP contribution in [-0.2, 0) is 28.4 Å². The first kappa shape index (κ1) is 32.3. The fraction of sp³-hybridized carbons (Fsp3) is 0.182. The normalized spacial score (nSPS) is 23.0. The number of carbonyl (C=O) groups is 2. The van der Waals surface area contributed by atoms with E-state index in [9.17, 15) is 9.59 Å². The van der Waals surface area contributed by atoms with Gasteiger partial charge in [-0.15, -0.1) is 0 Å². The van der Waals surface area contributed by atoms with Crippen molar-refractivity contribution in [2.75, 3.05) is 13.7 Å². The second kappa shape index (κ2) is 13.5. The minimum Gasteiger partial charge on any atom is -0.452 e. The number of esters is 2. The number of hydrogen-bond acceptors (Lipinski definition) is 8. The first-order valence-electron chi connectivity index (χ1n) is 17.3. The zero-order chi connectivity index (χ0) is 35.2. The van der Waals surface area contributed by atoms with Gasteiger partial charge in [-0.05, 0) is 91.6 Å². The molecule has 7 aromatic rings. The topological polar surface area (TPSA) is 89.5 Å². The highest BCUT2D eigenvalue weighted by Gasteiger charge is 2.54. The second-order valence-corrected chi connectivity index (χ2v) is 13.2. The maximum atomic E-state index is 14.1. The second-order valence-electron chi connectivity index (χ2n) is 13.2. The van der Waals surface area contributed by atoms with Gasteiger partial charge in [0.05, 0.1) is 17.7 Å². The van der Waals surface area contributed by atoms with E-state index in [4.69, 9.17) is 28.4 Å². The third kappa shape index (κ3) is 6.06. The predicted octanol–water partition coefficient (Wildman–Crippen LogP) is 8.54. The molecule has 0 aromatic heterocycles. The molecule has 0 aliphatic carbocycles. The Morgan fingerprint density at radius 2 is 1.02 bits per heavy atom. The number of ether oxygens (including phenoxy) is 6. The van der Waals surface area contributed by atoms with E-state index in [1.807, 2.05) is 91.0 Å². The molecular formula is C44H34O8. The number of methoxy groups -OCH3 is 1. The van der Waals surface area contributed by atoms with Crippen LogP contribution < -0.4 is 0 Å². The molecule has 0 spiro atoms. The van der Waals surface area contributed by atoms with Crippen molar-refractivity contribution in [2.45, 2.75) is 37.0 Å². The van der Waals surface area contributed by atoms with E-state index in [2.05, 4.69) is 30.3 Å². The highest BCUT2D eigenvalue weighted by atomic mass is 16.8. The molecule has 0 saturated carbocycles. The maximum Gasteiger partial charge on any atom is 0.338 e. The maximum absolute atomic E-state index is 14.1. The predicted molar refractivity (Wildman–Crippen MR) is 197 cm³/mol. The molecule has 2 aliphatic heterocycles. The van der Waals surface area contributed by atoms with Gasteiger partial charge in [0.15, 0.2) is 24.8 Å². The third-order valence-electron chi connectivity index (χ3n) is 9.96. The van der Waals surface area contributed by atoms with E-state index in [1.165, 1.54) is 7.11 Å². The molecular weight excluding hydrogens is 656 g/mol. The summed E-state index contributed by atoms with van der Waals surface area (Å²) in [6.45, 7) is 0.139. The lowest BCUT2D eigenvalue weighted by atomic mass is 9.96. The zero-order valence-electron chi connectivity index (χ0n) is 28.2. The first-order valence-corrected chi connectivity index (χ1v) is 17.3. The Morgan fingerprint density at radius 1 is 0.538 bits per heavy atom. The van der Waals surface area contributed by atoms with Crippen molar-refractivity contribution in [3.05, 3.63) is 156 Å². The average molecular weight is 691 g/mol. The number of fused-ring (bicyclic) bond motifs is 5. The van der Waals surface area contributed by atoms with E-state index in [-0.39, 0.29) is 6.61 Å². The SMILES string of the molecule is CO[C@H]1O[C@@H]2COC(c3ccccc3)O[C@H]2[C@H](OC(=O)c2ccc3cc4ccccc4cc3c2)[C@H]1OC(=O)c1ccc2cc3ccccc3cc2c1. The van der Waals surface area contributed by atoms with Gasteiger partial charge in [-0.3, -0.25) is 0 Å². The fourth-order valence-corrected chi connectivity index (χ4v) is 7.29. The van der Waals surface area contributed by atoms with Crippen LogP contribution in [0.4, 0.5) is 0 Å². The summed E-state index contributed by atoms with van der Waals surface area (Å²) in [4.78, 5) is 28.0. The van der Waals surface area contributed by atoms with Crippen LogP contribution >= 0.6 is 0 Å². The lowest BCUT2D eigenvalue weighted by Crippen LogP contribution is -2.64. The van der Waals surface area contributed by atoms with Gasteiger partial charge in [0.1, 0.15) is 12.2 Å². The summed E-state index contributed by atoms with van der Waals surface area (Å²) >= 11 is 0. The zero-order valence-corrected chi connectivity index (χ0v) is 28.2. The standard InChI is InChI=1S/C44H34O8/c1-47-44-40(51-42(46)34-18-16-32-20-28-12-6-8-14-30(28)22-36(32)24-34)39(38-37(49-44)25-48-43(52-38)26-9-3-2-4-10-26)50-41(45)33-17-15-31-19-27-11-5-7-13-29(27)21-35(31)23-33/h2-24,37-40,43-44H,25H2,1H3/t37-,38-,39+,40-,43?,44+/m1/s1. The molecule has 0 amide bonds. The molecule has 0 bridgehead atoms. The molecule has 2 fully saturated rings. The molecule has 0 N–H and O–H groups in total. The summed E-state index contributed by atoms with van der Waals surface area (Å²) in [5.41, 5.74) is 1.47. The average Bonchev–Trinajstić information content (AvgIpc) is 3.19. The van der Waals surface area contributed by atoms with Crippen molar-refractivity contribution in [2.24, 2.45) is 0 Å². The van der Waals surface area contributed by atoms with Gasteiger partial charge in [-0.25, -0.2) is 9.59 Å². The van der Waals surface area contributed by atoms with E-state index in [0.29, 0.717) is 11.1 Å². The monoisotopic (exact) mass is 690 g/mol. The van der Waals surface area contributed by atoms with Crippen LogP contribution in [0.2, 0.25) is 0 Å². The summed E-state index contributed by atoms with van der Waals surface area (Å²) < 4.78 is 37.0. The molecule has 9 rings (SSSR count). The van der Waals surface area contributed by atoms with Gasteiger partial charge in [-0.2, -0.15) is 0 Å². The molecule has 2 aliphatic rings. The summed E-state index contributed by atoms with van der Waals surface area (Å²) in [7, 11) is 1.46. The molecule has 7 aromatic carbocycles. The van der Waals surface area contributed by atoms with Crippen LogP contribution in [0.1, 0.15) is 32.6 Å². The molecule has 0 radical (unpaired) electrons. The summed E-state index contributed by atoms with van der Waals surface area (Å²) in [6.07, 6.45) is -5.63. The minimum atomic E-state index is -1.17. The van der Waals surface area contributed by atoms with Crippen molar-refractivity contribution >= 4 is 55.0 Å². The van der Waals surface area contributed by atoms with Gasteiger partial charge >= 0.3 is 11.9 Å². The smallest absolute Gasteiger partial charge is 0.338 e. The number of carbonyl (C=O) groups excluding carboxylic acids is 2. The summed E-state index contributed by atoms with van der Waals surface area (Å²) in [5, 5.41) is 8.11. The van der Waals surface area contributed by atoms with Crippen LogP contribution in [0.15, 0.2) is 140 Å². The highest BCUT2D eigenvalue weighted by Crippen LogP contribution is 2.38. The molecule has 6 atom stereocenters. The molecule has 8 nitrogen and oxygen atoms in total. The van der Waals surface area contributed by atoms with E-state index >= 15 is 0 Å². The van der Waals surface area contributed by atoms with Crippen LogP contribution in [0.5, 0.6) is 0 Å². The lowest BCUT2D eigenvalue weighted by Gasteiger charge is -2.47. The molecule has 8 heteroatoms. The Morgan fingerprint density at radius 3 is 1.56 bits per heavy atom. The number of rotatable bonds is 6. The number of hydrogen-bond donors (Lipinski definition) is 0.